The summed E-state index contributed by atoms with van der Waals surface area (Å²) < 4.78 is 36.9. The number of hydrogen-bond donors (Lipinski definition) is 1. The van der Waals surface area contributed by atoms with Crippen molar-refractivity contribution in [2.24, 2.45) is 11.8 Å². The molecule has 0 fully saturated rings. The summed E-state index contributed by atoms with van der Waals surface area (Å²) >= 11 is 0. The molecule has 0 saturated heterocycles. The fourth-order valence-corrected chi connectivity index (χ4v) is 2.87. The largest absolute Gasteiger partial charge is 1.00 e. The van der Waals surface area contributed by atoms with Crippen molar-refractivity contribution in [2.45, 2.75) is 71.8 Å². The summed E-state index contributed by atoms with van der Waals surface area (Å²) in [5.74, 6) is 0.470. The molecule has 122 valence electrons. The Labute approximate surface area is 152 Å². The van der Waals surface area contributed by atoms with Gasteiger partial charge in [-0.05, 0) is 31.1 Å². The molecule has 7 heteroatoms. The van der Waals surface area contributed by atoms with Crippen LogP contribution in [0.3, 0.4) is 0 Å². The van der Waals surface area contributed by atoms with Crippen LogP contribution in [0.2, 0.25) is 0 Å². The number of aliphatic hydroxyl groups excluding tert-OH is 1. The molecule has 0 heterocycles. The van der Waals surface area contributed by atoms with Gasteiger partial charge in [0.2, 0.25) is 10.4 Å². The van der Waals surface area contributed by atoms with Crippen LogP contribution in [0.1, 0.15) is 65.7 Å². The monoisotopic (exact) mass is 332 g/mol. The smallest absolute Gasteiger partial charge is 0.726 e. The van der Waals surface area contributed by atoms with E-state index in [4.69, 9.17) is 5.11 Å². The first-order valence-electron chi connectivity index (χ1n) is 7.57. The molecule has 0 radical (unpaired) electrons. The predicted octanol–water partition coefficient (Wildman–Crippen LogP) is -0.149. The summed E-state index contributed by atoms with van der Waals surface area (Å²) in [6.07, 6.45) is 5.66. The van der Waals surface area contributed by atoms with Gasteiger partial charge in [-0.25, -0.2) is 8.42 Å². The van der Waals surface area contributed by atoms with Gasteiger partial charge in [0.15, 0.2) is 0 Å². The summed E-state index contributed by atoms with van der Waals surface area (Å²) in [6.45, 7) is 6.04. The number of unbranched alkanes of at least 4 members (excludes halogenated alkanes) is 1. The molecule has 0 saturated carbocycles. The summed E-state index contributed by atoms with van der Waals surface area (Å²) in [6, 6.07) is 0. The van der Waals surface area contributed by atoms with Crippen molar-refractivity contribution in [3.63, 3.8) is 0 Å². The summed E-state index contributed by atoms with van der Waals surface area (Å²) in [5.41, 5.74) is 0. The molecule has 5 nitrogen and oxygen atoms in total. The molecule has 0 bridgehead atoms. The van der Waals surface area contributed by atoms with E-state index in [9.17, 15) is 13.0 Å². The maximum Gasteiger partial charge on any atom is 1.00 e. The Balaban J connectivity index is 0. The maximum atomic E-state index is 10.8. The molecule has 0 rings (SSSR count). The van der Waals surface area contributed by atoms with Crippen LogP contribution in [-0.4, -0.2) is 30.8 Å². The van der Waals surface area contributed by atoms with Crippen molar-refractivity contribution in [1.29, 1.82) is 0 Å². The van der Waals surface area contributed by atoms with E-state index in [1.54, 1.807) is 0 Å². The van der Waals surface area contributed by atoms with E-state index in [1.165, 1.54) is 0 Å². The van der Waals surface area contributed by atoms with Crippen molar-refractivity contribution >= 4 is 10.4 Å². The Morgan fingerprint density at radius 1 is 1.19 bits per heavy atom. The zero-order valence-corrected chi connectivity index (χ0v) is 16.7. The molecule has 21 heavy (non-hydrogen) atoms. The summed E-state index contributed by atoms with van der Waals surface area (Å²) in [5, 5.41) is 9.04. The van der Waals surface area contributed by atoms with E-state index in [0.29, 0.717) is 18.8 Å². The van der Waals surface area contributed by atoms with Crippen molar-refractivity contribution in [2.75, 3.05) is 6.61 Å². The minimum atomic E-state index is -4.68. The second-order valence-electron chi connectivity index (χ2n) is 5.64. The van der Waals surface area contributed by atoms with E-state index in [-0.39, 0.29) is 42.1 Å². The van der Waals surface area contributed by atoms with Crippen LogP contribution in [0, 0.1) is 11.8 Å². The van der Waals surface area contributed by atoms with Crippen LogP contribution in [0.5, 0.6) is 0 Å². The van der Waals surface area contributed by atoms with Gasteiger partial charge in [0.05, 0.1) is 6.10 Å². The van der Waals surface area contributed by atoms with E-state index in [2.05, 4.69) is 18.0 Å². The minimum absolute atomic E-state index is 0. The zero-order chi connectivity index (χ0) is 15.6. The topological polar surface area (TPSA) is 86.7 Å². The fraction of sp³-hybridized carbons (Fsp3) is 1.00. The average molecular weight is 332 g/mol. The third kappa shape index (κ3) is 14.2. The van der Waals surface area contributed by atoms with Gasteiger partial charge in [-0.1, -0.05) is 46.5 Å². The second kappa shape index (κ2) is 13.3. The number of rotatable bonds is 12. The first-order valence-corrected chi connectivity index (χ1v) is 8.90. The van der Waals surface area contributed by atoms with Crippen LogP contribution in [0.15, 0.2) is 0 Å². The Bertz CT molecular complexity index is 334. The Morgan fingerprint density at radius 3 is 2.24 bits per heavy atom. The molecule has 1 N–H and O–H groups in total. The standard InChI is InChI=1S/C14H30O5S.Na/c1-4-6-7-13(5-2)8-9-14(10-12(3)11-15)19-20(16,17)18;/h12-15H,4-11H2,1-3H3,(H,16,17,18);/q;+1/p-1. The van der Waals surface area contributed by atoms with E-state index in [1.807, 2.05) is 6.92 Å². The molecule has 0 amide bonds. The average Bonchev–Trinajstić information content (AvgIpc) is 2.36. The van der Waals surface area contributed by atoms with Crippen LogP contribution >= 0.6 is 0 Å². The van der Waals surface area contributed by atoms with Gasteiger partial charge < -0.3 is 9.66 Å². The Kier molecular flexibility index (Phi) is 15.2. The second-order valence-corrected chi connectivity index (χ2v) is 6.65. The minimum Gasteiger partial charge on any atom is -0.726 e. The van der Waals surface area contributed by atoms with Gasteiger partial charge in [0.1, 0.15) is 0 Å². The summed E-state index contributed by atoms with van der Waals surface area (Å²) in [7, 11) is -4.68. The van der Waals surface area contributed by atoms with Crippen molar-refractivity contribution < 1.29 is 51.8 Å². The molecular formula is C14H29NaO5S. The Hall–Kier alpha value is 0.830. The van der Waals surface area contributed by atoms with Crippen molar-refractivity contribution in [3.05, 3.63) is 0 Å². The van der Waals surface area contributed by atoms with Gasteiger partial charge in [-0.15, -0.1) is 0 Å². The molecular weight excluding hydrogens is 303 g/mol. The number of aliphatic hydroxyl groups is 1. The predicted molar refractivity (Wildman–Crippen MR) is 78.0 cm³/mol. The molecule has 3 unspecified atom stereocenters. The molecule has 3 atom stereocenters. The Morgan fingerprint density at radius 2 is 1.81 bits per heavy atom. The quantitative estimate of drug-likeness (QED) is 0.305. The fourth-order valence-electron chi connectivity index (χ4n) is 2.36. The van der Waals surface area contributed by atoms with Crippen molar-refractivity contribution in [1.82, 2.24) is 0 Å². The first-order chi connectivity index (χ1) is 9.32. The van der Waals surface area contributed by atoms with Gasteiger partial charge in [-0.2, -0.15) is 0 Å². The maximum absolute atomic E-state index is 10.8. The van der Waals surface area contributed by atoms with Gasteiger partial charge in [0, 0.05) is 6.61 Å². The molecule has 0 aromatic heterocycles. The van der Waals surface area contributed by atoms with Crippen LogP contribution < -0.4 is 29.6 Å². The first kappa shape index (κ1) is 24.1. The van der Waals surface area contributed by atoms with E-state index in [0.717, 1.165) is 32.1 Å². The molecule has 0 spiro atoms. The normalized spacial score (nSPS) is 16.0. The van der Waals surface area contributed by atoms with Crippen LogP contribution in [0.25, 0.3) is 0 Å². The summed E-state index contributed by atoms with van der Waals surface area (Å²) in [4.78, 5) is 0. The zero-order valence-electron chi connectivity index (χ0n) is 13.9. The van der Waals surface area contributed by atoms with Gasteiger partial charge in [-0.3, -0.25) is 4.18 Å². The molecule has 0 aromatic rings. The van der Waals surface area contributed by atoms with Crippen LogP contribution in [0.4, 0.5) is 0 Å². The van der Waals surface area contributed by atoms with Crippen LogP contribution in [-0.2, 0) is 14.6 Å². The molecule has 0 aliphatic carbocycles. The molecule has 0 aromatic carbocycles. The van der Waals surface area contributed by atoms with Gasteiger partial charge >= 0.3 is 29.6 Å². The van der Waals surface area contributed by atoms with Crippen molar-refractivity contribution in [3.8, 4) is 0 Å². The van der Waals surface area contributed by atoms with E-state index >= 15 is 0 Å². The SMILES string of the molecule is CCCCC(CC)CCC(CC(C)CO)OS(=O)(=O)[O-].[Na+]. The third-order valence-electron chi connectivity index (χ3n) is 3.67. The molecule has 0 aliphatic rings. The molecule has 0 aliphatic heterocycles. The third-order valence-corrected chi connectivity index (χ3v) is 4.18. The van der Waals surface area contributed by atoms with Gasteiger partial charge in [0.25, 0.3) is 0 Å². The van der Waals surface area contributed by atoms with E-state index < -0.39 is 16.5 Å². The number of hydrogen-bond acceptors (Lipinski definition) is 5.